The molecule has 0 radical (unpaired) electrons. The summed E-state index contributed by atoms with van der Waals surface area (Å²) in [6.07, 6.45) is 2.18. The van der Waals surface area contributed by atoms with Crippen LogP contribution in [0.5, 0.6) is 0 Å². The summed E-state index contributed by atoms with van der Waals surface area (Å²) in [5.41, 5.74) is 1.23. The second kappa shape index (κ2) is 6.19. The first kappa shape index (κ1) is 12.6. The van der Waals surface area contributed by atoms with E-state index in [2.05, 4.69) is 30.1 Å². The fourth-order valence-electron chi connectivity index (χ4n) is 2.13. The molecule has 1 aliphatic heterocycles. The Balaban J connectivity index is 1.83. The number of hydrogen-bond acceptors (Lipinski definition) is 4. The maximum absolute atomic E-state index is 5.58. The molecule has 1 aromatic heterocycles. The number of rotatable bonds is 5. The van der Waals surface area contributed by atoms with Crippen LogP contribution in [-0.2, 0) is 17.8 Å². The van der Waals surface area contributed by atoms with E-state index in [1.807, 2.05) is 6.26 Å². The summed E-state index contributed by atoms with van der Waals surface area (Å²) in [5, 5.41) is 3.29. The highest BCUT2D eigenvalue weighted by Gasteiger charge is 2.17. The van der Waals surface area contributed by atoms with Crippen molar-refractivity contribution in [2.24, 2.45) is 0 Å². The molecule has 4 nitrogen and oxygen atoms in total. The molecule has 1 saturated heterocycles. The average Bonchev–Trinajstić information content (AvgIpc) is 2.74. The fraction of sp³-hybridized carbons (Fsp3) is 0.692. The van der Waals surface area contributed by atoms with E-state index in [0.29, 0.717) is 6.10 Å². The Labute approximate surface area is 103 Å². The molecule has 0 spiro atoms. The van der Waals surface area contributed by atoms with Crippen molar-refractivity contribution in [1.82, 2.24) is 10.2 Å². The molecule has 1 unspecified atom stereocenters. The van der Waals surface area contributed by atoms with Crippen molar-refractivity contribution >= 4 is 0 Å². The van der Waals surface area contributed by atoms with Crippen molar-refractivity contribution in [2.45, 2.75) is 33.0 Å². The molecule has 96 valence electrons. The molecular weight excluding hydrogens is 216 g/mol. The minimum Gasteiger partial charge on any atom is -0.468 e. The third-order valence-electron chi connectivity index (χ3n) is 2.99. The van der Waals surface area contributed by atoms with Gasteiger partial charge in [0.25, 0.3) is 0 Å². The topological polar surface area (TPSA) is 37.6 Å². The largest absolute Gasteiger partial charge is 0.468 e. The molecule has 0 saturated carbocycles. The van der Waals surface area contributed by atoms with Gasteiger partial charge in [0.1, 0.15) is 5.76 Å². The molecule has 2 rings (SSSR count). The fourth-order valence-corrected chi connectivity index (χ4v) is 2.13. The van der Waals surface area contributed by atoms with Crippen molar-refractivity contribution in [3.05, 3.63) is 23.7 Å². The number of ether oxygens (including phenoxy) is 1. The second-order valence-electron chi connectivity index (χ2n) is 4.62. The molecular formula is C13H22N2O2. The monoisotopic (exact) mass is 238 g/mol. The Morgan fingerprint density at radius 1 is 1.53 bits per heavy atom. The number of hydrogen-bond donors (Lipinski definition) is 1. The summed E-state index contributed by atoms with van der Waals surface area (Å²) in [7, 11) is 0. The first-order valence-electron chi connectivity index (χ1n) is 6.39. The first-order chi connectivity index (χ1) is 8.28. The molecule has 2 heterocycles. The predicted octanol–water partition coefficient (Wildman–Crippen LogP) is 1.61. The Bertz CT molecular complexity index is 338. The highest BCUT2D eigenvalue weighted by atomic mass is 16.5. The molecule has 1 N–H and O–H groups in total. The third kappa shape index (κ3) is 3.84. The molecule has 4 heteroatoms. The predicted molar refractivity (Wildman–Crippen MR) is 66.8 cm³/mol. The van der Waals surface area contributed by atoms with Crippen LogP contribution in [0, 0.1) is 0 Å². The minimum absolute atomic E-state index is 0.333. The van der Waals surface area contributed by atoms with Gasteiger partial charge >= 0.3 is 0 Å². The van der Waals surface area contributed by atoms with Crippen molar-refractivity contribution in [2.75, 3.05) is 26.2 Å². The minimum atomic E-state index is 0.333. The van der Waals surface area contributed by atoms with E-state index in [-0.39, 0.29) is 0 Å². The van der Waals surface area contributed by atoms with Gasteiger partial charge in [-0.2, -0.15) is 0 Å². The Hall–Kier alpha value is -0.840. The maximum Gasteiger partial charge on any atom is 0.118 e. The van der Waals surface area contributed by atoms with Gasteiger partial charge in [0.2, 0.25) is 0 Å². The van der Waals surface area contributed by atoms with Crippen LogP contribution in [0.3, 0.4) is 0 Å². The number of nitrogens with zero attached hydrogens (tertiary/aromatic N) is 1. The molecule has 1 atom stereocenters. The standard InChI is InChI=1S/C13H22N2O2/c1-3-14-7-12-6-13(17-10-12)9-15-4-5-16-11(2)8-15/h6,10-11,14H,3-5,7-9H2,1-2H3. The normalized spacial score (nSPS) is 21.9. The van der Waals surface area contributed by atoms with E-state index in [1.54, 1.807) is 0 Å². The van der Waals surface area contributed by atoms with Crippen LogP contribution in [0.2, 0.25) is 0 Å². The van der Waals surface area contributed by atoms with Crippen molar-refractivity contribution in [3.63, 3.8) is 0 Å². The van der Waals surface area contributed by atoms with Crippen LogP contribution in [0.15, 0.2) is 16.7 Å². The number of nitrogens with one attached hydrogen (secondary N) is 1. The maximum atomic E-state index is 5.58. The zero-order chi connectivity index (χ0) is 12.1. The molecule has 1 aliphatic rings. The van der Waals surface area contributed by atoms with E-state index in [1.165, 1.54) is 5.56 Å². The molecule has 0 aliphatic carbocycles. The molecule has 0 amide bonds. The zero-order valence-corrected chi connectivity index (χ0v) is 10.7. The van der Waals surface area contributed by atoms with E-state index < -0.39 is 0 Å². The van der Waals surface area contributed by atoms with Crippen molar-refractivity contribution < 1.29 is 9.15 Å². The van der Waals surface area contributed by atoms with Crippen LogP contribution in [0.4, 0.5) is 0 Å². The summed E-state index contributed by atoms with van der Waals surface area (Å²) in [6, 6.07) is 2.14. The van der Waals surface area contributed by atoms with Crippen LogP contribution >= 0.6 is 0 Å². The lowest BCUT2D eigenvalue weighted by molar-refractivity contribution is -0.0230. The van der Waals surface area contributed by atoms with Crippen molar-refractivity contribution in [3.8, 4) is 0 Å². The van der Waals surface area contributed by atoms with E-state index in [9.17, 15) is 0 Å². The van der Waals surface area contributed by atoms with Crippen LogP contribution < -0.4 is 5.32 Å². The van der Waals surface area contributed by atoms with Gasteiger partial charge in [0, 0.05) is 25.2 Å². The lowest BCUT2D eigenvalue weighted by Crippen LogP contribution is -2.40. The van der Waals surface area contributed by atoms with Gasteiger partial charge < -0.3 is 14.5 Å². The second-order valence-corrected chi connectivity index (χ2v) is 4.62. The lowest BCUT2D eigenvalue weighted by atomic mass is 10.2. The summed E-state index contributed by atoms with van der Waals surface area (Å²) < 4.78 is 11.1. The quantitative estimate of drug-likeness (QED) is 0.845. The molecule has 17 heavy (non-hydrogen) atoms. The van der Waals surface area contributed by atoms with E-state index in [0.717, 1.165) is 45.1 Å². The van der Waals surface area contributed by atoms with Crippen LogP contribution in [-0.4, -0.2) is 37.2 Å². The SMILES string of the molecule is CCNCc1coc(CN2CCOC(C)C2)c1. The van der Waals surface area contributed by atoms with Gasteiger partial charge in [0.05, 0.1) is 25.5 Å². The van der Waals surface area contributed by atoms with Crippen molar-refractivity contribution in [1.29, 1.82) is 0 Å². The first-order valence-corrected chi connectivity index (χ1v) is 6.39. The van der Waals surface area contributed by atoms with Gasteiger partial charge in [-0.25, -0.2) is 0 Å². The highest BCUT2D eigenvalue weighted by molar-refractivity contribution is 5.12. The summed E-state index contributed by atoms with van der Waals surface area (Å²) >= 11 is 0. The highest BCUT2D eigenvalue weighted by Crippen LogP contribution is 2.13. The van der Waals surface area contributed by atoms with E-state index >= 15 is 0 Å². The summed E-state index contributed by atoms with van der Waals surface area (Å²) in [5.74, 6) is 1.05. The average molecular weight is 238 g/mol. The number of morpholine rings is 1. The smallest absolute Gasteiger partial charge is 0.118 e. The summed E-state index contributed by atoms with van der Waals surface area (Å²) in [6.45, 7) is 9.80. The van der Waals surface area contributed by atoms with Gasteiger partial charge in [-0.1, -0.05) is 6.92 Å². The Morgan fingerprint density at radius 3 is 3.18 bits per heavy atom. The number of furan rings is 1. The van der Waals surface area contributed by atoms with Gasteiger partial charge in [-0.15, -0.1) is 0 Å². The van der Waals surface area contributed by atoms with Gasteiger partial charge in [-0.05, 0) is 19.5 Å². The summed E-state index contributed by atoms with van der Waals surface area (Å²) in [4.78, 5) is 2.38. The van der Waals surface area contributed by atoms with Gasteiger partial charge in [0.15, 0.2) is 0 Å². The molecule has 0 bridgehead atoms. The molecule has 1 fully saturated rings. The lowest BCUT2D eigenvalue weighted by Gasteiger charge is -2.30. The Kier molecular flexibility index (Phi) is 4.59. The third-order valence-corrected chi connectivity index (χ3v) is 2.99. The molecule has 0 aromatic carbocycles. The van der Waals surface area contributed by atoms with Crippen LogP contribution in [0.25, 0.3) is 0 Å². The zero-order valence-electron chi connectivity index (χ0n) is 10.7. The van der Waals surface area contributed by atoms with Gasteiger partial charge in [-0.3, -0.25) is 4.90 Å². The van der Waals surface area contributed by atoms with E-state index in [4.69, 9.17) is 9.15 Å². The van der Waals surface area contributed by atoms with Crippen LogP contribution in [0.1, 0.15) is 25.2 Å². The molecule has 1 aromatic rings. The Morgan fingerprint density at radius 2 is 2.41 bits per heavy atom.